The van der Waals surface area contributed by atoms with Crippen LogP contribution >= 0.6 is 11.3 Å². The molecular weight excluding hydrogens is 364 g/mol. The number of phenols is 1. The Morgan fingerprint density at radius 1 is 1.12 bits per heavy atom. The minimum atomic E-state index is -3.96. The number of benzene rings is 2. The number of carboxylic acids is 1. The topological polar surface area (TPSA) is 117 Å². The van der Waals surface area contributed by atoms with E-state index >= 15 is 0 Å². The number of hydrogen-bond donors (Lipinski definition) is 3. The van der Waals surface area contributed by atoms with Crippen LogP contribution < -0.4 is 4.72 Å². The van der Waals surface area contributed by atoms with Gasteiger partial charge in [-0.25, -0.2) is 18.2 Å². The van der Waals surface area contributed by atoms with Crippen molar-refractivity contribution in [1.82, 2.24) is 4.98 Å². The molecule has 0 unspecified atom stereocenters. The number of anilines is 1. The van der Waals surface area contributed by atoms with E-state index in [4.69, 9.17) is 5.11 Å². The van der Waals surface area contributed by atoms with Gasteiger partial charge in [0.25, 0.3) is 10.0 Å². The lowest BCUT2D eigenvalue weighted by molar-refractivity contribution is 0.0696. The van der Waals surface area contributed by atoms with Gasteiger partial charge in [-0.15, -0.1) is 11.3 Å². The molecule has 3 aromatic rings. The zero-order valence-corrected chi connectivity index (χ0v) is 14.2. The highest BCUT2D eigenvalue weighted by atomic mass is 32.2. The number of sulfonamides is 1. The van der Waals surface area contributed by atoms with Gasteiger partial charge in [-0.1, -0.05) is 30.3 Å². The summed E-state index contributed by atoms with van der Waals surface area (Å²) in [5.41, 5.74) is 0.534. The molecule has 128 valence electrons. The van der Waals surface area contributed by atoms with E-state index in [1.54, 1.807) is 0 Å². The first kappa shape index (κ1) is 16.9. The minimum absolute atomic E-state index is 0.0203. The van der Waals surface area contributed by atoms with Crippen LogP contribution in [0.15, 0.2) is 58.9 Å². The maximum absolute atomic E-state index is 12.4. The second kappa shape index (κ2) is 6.54. The summed E-state index contributed by atoms with van der Waals surface area (Å²) in [6.07, 6.45) is 1.23. The summed E-state index contributed by atoms with van der Waals surface area (Å²) in [5.74, 6) is -1.70. The molecule has 0 saturated carbocycles. The maximum atomic E-state index is 12.4. The summed E-state index contributed by atoms with van der Waals surface area (Å²) in [6.45, 7) is 0. The molecule has 9 heteroatoms. The Labute approximate surface area is 147 Å². The lowest BCUT2D eigenvalue weighted by Gasteiger charge is -2.08. The molecule has 7 nitrogen and oxygen atoms in total. The van der Waals surface area contributed by atoms with Crippen molar-refractivity contribution >= 4 is 33.0 Å². The van der Waals surface area contributed by atoms with Crippen LogP contribution in [0.4, 0.5) is 5.69 Å². The van der Waals surface area contributed by atoms with E-state index in [0.29, 0.717) is 5.01 Å². The third-order valence-electron chi connectivity index (χ3n) is 3.26. The SMILES string of the molecule is O=C(O)c1ccc(NS(=O)(=O)c2cnc(-c3ccccc3)s2)c(O)c1. The molecule has 1 heterocycles. The van der Waals surface area contributed by atoms with Gasteiger partial charge in [-0.2, -0.15) is 0 Å². The first-order chi connectivity index (χ1) is 11.9. The fraction of sp³-hybridized carbons (Fsp3) is 0. The van der Waals surface area contributed by atoms with E-state index in [1.807, 2.05) is 30.3 Å². The minimum Gasteiger partial charge on any atom is -0.506 e. The number of thiazole rings is 1. The molecular formula is C16H12N2O5S2. The average Bonchev–Trinajstić information content (AvgIpc) is 3.08. The van der Waals surface area contributed by atoms with E-state index in [0.717, 1.165) is 23.0 Å². The van der Waals surface area contributed by atoms with Crippen molar-refractivity contribution in [3.8, 4) is 16.3 Å². The Morgan fingerprint density at radius 3 is 2.48 bits per heavy atom. The van der Waals surface area contributed by atoms with Gasteiger partial charge >= 0.3 is 5.97 Å². The van der Waals surface area contributed by atoms with Crippen molar-refractivity contribution in [2.24, 2.45) is 0 Å². The summed E-state index contributed by atoms with van der Waals surface area (Å²) < 4.78 is 27.1. The van der Waals surface area contributed by atoms with E-state index < -0.39 is 21.7 Å². The predicted molar refractivity (Wildman–Crippen MR) is 93.4 cm³/mol. The molecule has 0 amide bonds. The Morgan fingerprint density at radius 2 is 1.84 bits per heavy atom. The summed E-state index contributed by atoms with van der Waals surface area (Å²) in [7, 11) is -3.96. The number of carbonyl (C=O) groups is 1. The van der Waals surface area contributed by atoms with E-state index in [2.05, 4.69) is 9.71 Å². The Bertz CT molecular complexity index is 1030. The van der Waals surface area contributed by atoms with Gasteiger partial charge in [0, 0.05) is 5.56 Å². The number of hydrogen-bond acceptors (Lipinski definition) is 6. The van der Waals surface area contributed by atoms with Gasteiger partial charge in [0.05, 0.1) is 17.4 Å². The average molecular weight is 376 g/mol. The van der Waals surface area contributed by atoms with Crippen molar-refractivity contribution in [2.45, 2.75) is 4.21 Å². The maximum Gasteiger partial charge on any atom is 0.335 e. The lowest BCUT2D eigenvalue weighted by atomic mass is 10.2. The molecule has 0 radical (unpaired) electrons. The molecule has 0 aliphatic rings. The zero-order valence-electron chi connectivity index (χ0n) is 12.6. The van der Waals surface area contributed by atoms with Crippen LogP contribution in [0.1, 0.15) is 10.4 Å². The third kappa shape index (κ3) is 3.62. The van der Waals surface area contributed by atoms with Crippen molar-refractivity contribution in [2.75, 3.05) is 4.72 Å². The molecule has 2 aromatic carbocycles. The number of rotatable bonds is 5. The smallest absolute Gasteiger partial charge is 0.335 e. The second-order valence-corrected chi connectivity index (χ2v) is 7.93. The molecule has 0 aliphatic carbocycles. The van der Waals surface area contributed by atoms with Crippen molar-refractivity contribution in [3.63, 3.8) is 0 Å². The summed E-state index contributed by atoms with van der Waals surface area (Å²) in [5, 5.41) is 19.2. The van der Waals surface area contributed by atoms with Crippen LogP contribution in [0, 0.1) is 0 Å². The van der Waals surface area contributed by atoms with Gasteiger partial charge in [0.1, 0.15) is 10.8 Å². The first-order valence-corrected chi connectivity index (χ1v) is 9.27. The largest absolute Gasteiger partial charge is 0.506 e. The van der Waals surface area contributed by atoms with E-state index in [9.17, 15) is 18.3 Å². The van der Waals surface area contributed by atoms with Gasteiger partial charge in [0.15, 0.2) is 4.21 Å². The normalized spacial score (nSPS) is 11.2. The standard InChI is InChI=1S/C16H12N2O5S2/c19-13-8-11(16(20)21)6-7-12(13)18-25(22,23)14-9-17-15(24-14)10-4-2-1-3-5-10/h1-9,18-19H,(H,20,21). The highest BCUT2D eigenvalue weighted by molar-refractivity contribution is 7.94. The number of carboxylic acid groups (broad SMARTS) is 1. The number of aromatic hydroxyl groups is 1. The molecule has 25 heavy (non-hydrogen) atoms. The summed E-state index contributed by atoms with van der Waals surface area (Å²) >= 11 is 0.989. The van der Waals surface area contributed by atoms with Crippen LogP contribution in [0.2, 0.25) is 0 Å². The summed E-state index contributed by atoms with van der Waals surface area (Å²) in [4.78, 5) is 15.0. The second-order valence-electron chi connectivity index (χ2n) is 4.99. The van der Waals surface area contributed by atoms with Crippen LogP contribution in [-0.4, -0.2) is 29.6 Å². The first-order valence-electron chi connectivity index (χ1n) is 6.97. The van der Waals surface area contributed by atoms with E-state index in [1.165, 1.54) is 18.3 Å². The zero-order chi connectivity index (χ0) is 18.0. The Hall–Kier alpha value is -2.91. The third-order valence-corrected chi connectivity index (χ3v) is 6.13. The van der Waals surface area contributed by atoms with Gasteiger partial charge in [0.2, 0.25) is 0 Å². The highest BCUT2D eigenvalue weighted by Gasteiger charge is 2.20. The number of aromatic nitrogens is 1. The fourth-order valence-corrected chi connectivity index (χ4v) is 4.25. The molecule has 3 rings (SSSR count). The van der Waals surface area contributed by atoms with E-state index in [-0.39, 0.29) is 15.5 Å². The van der Waals surface area contributed by atoms with Gasteiger partial charge < -0.3 is 10.2 Å². The predicted octanol–water partition coefficient (Wildman–Crippen LogP) is 3.01. The molecule has 0 aliphatic heterocycles. The van der Waals surface area contributed by atoms with Crippen LogP contribution in [0.5, 0.6) is 5.75 Å². The molecule has 0 saturated heterocycles. The fourth-order valence-electron chi connectivity index (χ4n) is 2.04. The molecule has 0 spiro atoms. The number of nitrogens with zero attached hydrogens (tertiary/aromatic N) is 1. The quantitative estimate of drug-likeness (QED) is 0.589. The van der Waals surface area contributed by atoms with Crippen LogP contribution in [0.3, 0.4) is 0 Å². The molecule has 0 bridgehead atoms. The molecule has 0 fully saturated rings. The van der Waals surface area contributed by atoms with Crippen molar-refractivity contribution in [3.05, 3.63) is 60.3 Å². The van der Waals surface area contributed by atoms with Crippen molar-refractivity contribution < 1.29 is 23.4 Å². The number of phenolic OH excluding ortho intramolecular Hbond substituents is 1. The molecule has 1 aromatic heterocycles. The Balaban J connectivity index is 1.88. The molecule has 3 N–H and O–H groups in total. The molecule has 0 atom stereocenters. The number of aromatic carboxylic acids is 1. The van der Waals surface area contributed by atoms with Crippen LogP contribution in [0.25, 0.3) is 10.6 Å². The Kier molecular flexibility index (Phi) is 4.43. The number of nitrogens with one attached hydrogen (secondary N) is 1. The van der Waals surface area contributed by atoms with Gasteiger partial charge in [-0.05, 0) is 18.2 Å². The van der Waals surface area contributed by atoms with Gasteiger partial charge in [-0.3, -0.25) is 4.72 Å². The van der Waals surface area contributed by atoms with Crippen molar-refractivity contribution in [1.29, 1.82) is 0 Å². The summed E-state index contributed by atoms with van der Waals surface area (Å²) in [6, 6.07) is 12.5. The highest BCUT2D eigenvalue weighted by Crippen LogP contribution is 2.31. The lowest BCUT2D eigenvalue weighted by Crippen LogP contribution is -2.12. The monoisotopic (exact) mass is 376 g/mol. The van der Waals surface area contributed by atoms with Crippen LogP contribution in [-0.2, 0) is 10.0 Å².